The fourth-order valence-electron chi connectivity index (χ4n) is 7.44. The topological polar surface area (TPSA) is 0 Å². The monoisotopic (exact) mass is 450 g/mol. The molecule has 0 heteroatoms. The molecule has 0 unspecified atom stereocenters. The minimum atomic E-state index is 1.31. The Kier molecular flexibility index (Phi) is 2.83. The average molecular weight is 451 g/mol. The highest BCUT2D eigenvalue weighted by atomic mass is 14.3. The summed E-state index contributed by atoms with van der Waals surface area (Å²) in [4.78, 5) is 0. The van der Waals surface area contributed by atoms with Gasteiger partial charge in [-0.15, -0.1) is 0 Å². The highest BCUT2D eigenvalue weighted by Gasteiger charge is 2.27. The summed E-state index contributed by atoms with van der Waals surface area (Å²) in [6, 6.07) is 41.2. The molecule has 9 aromatic carbocycles. The van der Waals surface area contributed by atoms with E-state index in [-0.39, 0.29) is 0 Å². The van der Waals surface area contributed by atoms with Gasteiger partial charge < -0.3 is 0 Å². The van der Waals surface area contributed by atoms with Crippen LogP contribution in [0.5, 0.6) is 0 Å². The van der Waals surface area contributed by atoms with Crippen molar-refractivity contribution >= 4 is 75.4 Å². The molecule has 0 bridgehead atoms. The molecule has 0 saturated heterocycles. The van der Waals surface area contributed by atoms with Crippen LogP contribution < -0.4 is 0 Å². The van der Waals surface area contributed by atoms with Crippen LogP contribution in [0, 0.1) is 0 Å². The van der Waals surface area contributed by atoms with Gasteiger partial charge in [0, 0.05) is 0 Å². The molecule has 0 saturated carbocycles. The van der Waals surface area contributed by atoms with Gasteiger partial charge in [-0.3, -0.25) is 0 Å². The lowest BCUT2D eigenvalue weighted by Gasteiger charge is -2.05. The van der Waals surface area contributed by atoms with Gasteiger partial charge in [0.25, 0.3) is 0 Å². The van der Waals surface area contributed by atoms with E-state index in [0.29, 0.717) is 0 Å². The second-order valence-electron chi connectivity index (χ2n) is 10.4. The van der Waals surface area contributed by atoms with Crippen LogP contribution in [0.4, 0.5) is 0 Å². The van der Waals surface area contributed by atoms with E-state index in [0.717, 1.165) is 0 Å². The number of fused-ring (bicyclic) bond motifs is 11. The highest BCUT2D eigenvalue weighted by molar-refractivity contribution is 6.46. The van der Waals surface area contributed by atoms with Gasteiger partial charge in [0.15, 0.2) is 0 Å². The Balaban J connectivity index is 1.47. The van der Waals surface area contributed by atoms with Crippen LogP contribution in [0.25, 0.3) is 97.7 Å². The summed E-state index contributed by atoms with van der Waals surface area (Å²) in [5.41, 5.74) is 5.49. The van der Waals surface area contributed by atoms with Crippen molar-refractivity contribution in [1.82, 2.24) is 0 Å². The van der Waals surface area contributed by atoms with E-state index in [9.17, 15) is 0 Å². The minimum Gasteiger partial charge on any atom is -0.0616 e. The third kappa shape index (κ3) is 1.83. The maximum atomic E-state index is 2.44. The Morgan fingerprint density at radius 1 is 0.250 bits per heavy atom. The zero-order chi connectivity index (χ0) is 23.1. The van der Waals surface area contributed by atoms with Gasteiger partial charge in [0.05, 0.1) is 0 Å². The minimum absolute atomic E-state index is 1.31. The molecular weight excluding hydrogens is 432 g/mol. The zero-order valence-electron chi connectivity index (χ0n) is 19.4. The molecule has 0 radical (unpaired) electrons. The van der Waals surface area contributed by atoms with E-state index in [4.69, 9.17) is 0 Å². The number of benzene rings is 7. The zero-order valence-corrected chi connectivity index (χ0v) is 19.4. The molecule has 1 aliphatic rings. The van der Waals surface area contributed by atoms with Crippen molar-refractivity contribution in [2.45, 2.75) is 0 Å². The average Bonchev–Trinajstić information content (AvgIpc) is 3.54. The molecule has 0 fully saturated rings. The third-order valence-corrected chi connectivity index (χ3v) is 8.84. The first-order chi connectivity index (χ1) is 17.9. The molecule has 36 heavy (non-hydrogen) atoms. The molecule has 0 heterocycles. The summed E-state index contributed by atoms with van der Waals surface area (Å²) in [7, 11) is 0. The third-order valence-electron chi connectivity index (χ3n) is 8.84. The van der Waals surface area contributed by atoms with Crippen molar-refractivity contribution in [3.8, 4) is 22.3 Å². The number of hydrogen-bond acceptors (Lipinski definition) is 0. The number of rotatable bonds is 0. The Hall–Kier alpha value is -4.68. The van der Waals surface area contributed by atoms with Crippen molar-refractivity contribution < 1.29 is 0 Å². The Morgan fingerprint density at radius 2 is 0.806 bits per heavy atom. The molecule has 1 aliphatic carbocycles. The van der Waals surface area contributed by atoms with Gasteiger partial charge >= 0.3 is 0 Å². The summed E-state index contributed by atoms with van der Waals surface area (Å²) in [5, 5.41) is 19.3. The fraction of sp³-hybridized carbons (Fsp3) is 0. The Bertz CT molecular complexity index is 2360. The van der Waals surface area contributed by atoms with E-state index >= 15 is 0 Å². The van der Waals surface area contributed by atoms with Crippen molar-refractivity contribution in [2.24, 2.45) is 0 Å². The van der Waals surface area contributed by atoms with Crippen molar-refractivity contribution in [1.29, 1.82) is 0 Å². The smallest absolute Gasteiger partial charge is 0.000785 e. The Labute approximate surface area is 206 Å². The molecule has 0 atom stereocenters. The normalized spacial score (nSPS) is 13.0. The fourth-order valence-corrected chi connectivity index (χ4v) is 7.44. The van der Waals surface area contributed by atoms with Crippen LogP contribution in [0.15, 0.2) is 109 Å². The van der Waals surface area contributed by atoms with E-state index in [2.05, 4.69) is 109 Å². The lowest BCUT2D eigenvalue weighted by Crippen LogP contribution is -1.79. The van der Waals surface area contributed by atoms with E-state index in [1.807, 2.05) is 0 Å². The van der Waals surface area contributed by atoms with Crippen molar-refractivity contribution in [3.63, 3.8) is 0 Å². The highest BCUT2D eigenvalue weighted by Crippen LogP contribution is 2.55. The van der Waals surface area contributed by atoms with Gasteiger partial charge in [0.2, 0.25) is 0 Å². The van der Waals surface area contributed by atoms with Crippen LogP contribution in [0.2, 0.25) is 0 Å². The molecule has 0 spiro atoms. The predicted molar refractivity (Wildman–Crippen MR) is 156 cm³/mol. The first kappa shape index (κ1) is 17.7. The quantitative estimate of drug-likeness (QED) is 0.215. The van der Waals surface area contributed by atoms with Crippen LogP contribution in [0.1, 0.15) is 0 Å². The molecule has 0 N–H and O–H groups in total. The van der Waals surface area contributed by atoms with Crippen molar-refractivity contribution in [2.75, 3.05) is 0 Å². The van der Waals surface area contributed by atoms with Crippen molar-refractivity contribution in [3.05, 3.63) is 109 Å². The molecule has 162 valence electrons. The molecule has 0 aromatic heterocycles. The standard InChI is InChI=1S/C36H18/c1-2-7-20-17-30-26-14-15-28-34-27(13-12-25(33(26)34)29(30)16-19(20)6-1)31-18-21-8-5-11-23-22-9-3-4-10-24(22)36(32(21)23)35(28)31/h1-18H. The second-order valence-corrected chi connectivity index (χ2v) is 10.4. The van der Waals surface area contributed by atoms with Crippen LogP contribution in [-0.4, -0.2) is 0 Å². The lowest BCUT2D eigenvalue weighted by molar-refractivity contribution is 1.73. The summed E-state index contributed by atoms with van der Waals surface area (Å²) in [6.07, 6.45) is 0. The van der Waals surface area contributed by atoms with Crippen LogP contribution >= 0.6 is 0 Å². The number of hydrogen-bond donors (Lipinski definition) is 0. The Morgan fingerprint density at radius 3 is 1.58 bits per heavy atom. The SMILES string of the molecule is c1ccc2cc3c(cc2c1)-c1ccc2c4cc5cccc6c7ccccc7c(c56)c4c4ccc-3c1c24. The van der Waals surface area contributed by atoms with E-state index in [1.165, 1.54) is 97.7 Å². The van der Waals surface area contributed by atoms with Gasteiger partial charge in [-0.1, -0.05) is 91.0 Å². The second kappa shape index (κ2) is 5.75. The van der Waals surface area contributed by atoms with Gasteiger partial charge in [-0.25, -0.2) is 0 Å². The molecule has 0 aliphatic heterocycles. The predicted octanol–water partition coefficient (Wildman–Crippen LogP) is 10.3. The van der Waals surface area contributed by atoms with Crippen LogP contribution in [0.3, 0.4) is 0 Å². The molecule has 0 nitrogen and oxygen atoms in total. The van der Waals surface area contributed by atoms with E-state index in [1.54, 1.807) is 0 Å². The molecule has 0 amide bonds. The lowest BCUT2D eigenvalue weighted by atomic mass is 9.98. The summed E-state index contributed by atoms with van der Waals surface area (Å²) in [6.45, 7) is 0. The first-order valence-electron chi connectivity index (χ1n) is 12.7. The molecule has 9 aromatic rings. The largest absolute Gasteiger partial charge is 0.0616 e. The van der Waals surface area contributed by atoms with Crippen LogP contribution in [-0.2, 0) is 0 Å². The van der Waals surface area contributed by atoms with E-state index < -0.39 is 0 Å². The summed E-state index contributed by atoms with van der Waals surface area (Å²) >= 11 is 0. The summed E-state index contributed by atoms with van der Waals surface area (Å²) in [5.74, 6) is 0. The molecular formula is C36H18. The maximum absolute atomic E-state index is 2.44. The molecule has 10 rings (SSSR count). The van der Waals surface area contributed by atoms with Gasteiger partial charge in [-0.05, 0) is 116 Å². The van der Waals surface area contributed by atoms with Gasteiger partial charge in [-0.2, -0.15) is 0 Å². The summed E-state index contributed by atoms with van der Waals surface area (Å²) < 4.78 is 0. The first-order valence-corrected chi connectivity index (χ1v) is 12.7. The van der Waals surface area contributed by atoms with Gasteiger partial charge in [0.1, 0.15) is 0 Å². The maximum Gasteiger partial charge on any atom is -0.000785 e.